The first-order valence-corrected chi connectivity index (χ1v) is 8.82. The van der Waals surface area contributed by atoms with E-state index in [4.69, 9.17) is 0 Å². The summed E-state index contributed by atoms with van der Waals surface area (Å²) in [5.41, 5.74) is 4.31. The van der Waals surface area contributed by atoms with Crippen LogP contribution in [0, 0.1) is 0 Å². The van der Waals surface area contributed by atoms with Crippen molar-refractivity contribution < 1.29 is 4.79 Å². The molecule has 1 atom stereocenters. The molecular formula is C19H29N3O. The van der Waals surface area contributed by atoms with E-state index in [1.54, 1.807) is 7.05 Å². The van der Waals surface area contributed by atoms with E-state index >= 15 is 0 Å². The van der Waals surface area contributed by atoms with E-state index < -0.39 is 0 Å². The molecule has 23 heavy (non-hydrogen) atoms. The predicted octanol–water partition coefficient (Wildman–Crippen LogP) is 2.55. The average molecular weight is 315 g/mol. The summed E-state index contributed by atoms with van der Waals surface area (Å²) in [6.45, 7) is 7.22. The largest absolute Gasteiger partial charge is 0.368 e. The van der Waals surface area contributed by atoms with Crippen LogP contribution in [-0.2, 0) is 4.79 Å². The highest BCUT2D eigenvalue weighted by Crippen LogP contribution is 2.44. The maximum absolute atomic E-state index is 12.1. The van der Waals surface area contributed by atoms with Crippen LogP contribution in [0.15, 0.2) is 18.2 Å². The van der Waals surface area contributed by atoms with E-state index in [1.807, 2.05) is 7.05 Å². The minimum absolute atomic E-state index is 0.0668. The number of piperazine rings is 1. The number of nitrogens with zero attached hydrogens (tertiary/aromatic N) is 2. The van der Waals surface area contributed by atoms with Crippen LogP contribution in [0.1, 0.15) is 49.7 Å². The summed E-state index contributed by atoms with van der Waals surface area (Å²) in [7, 11) is 3.76. The molecule has 0 aromatic heterocycles. The van der Waals surface area contributed by atoms with Crippen molar-refractivity contribution in [3.63, 3.8) is 0 Å². The quantitative estimate of drug-likeness (QED) is 0.927. The molecule has 0 bridgehead atoms. The van der Waals surface area contributed by atoms with Gasteiger partial charge in [-0.25, -0.2) is 0 Å². The van der Waals surface area contributed by atoms with Crippen molar-refractivity contribution in [2.75, 3.05) is 38.6 Å². The Morgan fingerprint density at radius 2 is 2.00 bits per heavy atom. The Kier molecular flexibility index (Phi) is 4.62. The molecule has 4 nitrogen and oxygen atoms in total. The molecule has 1 aliphatic heterocycles. The van der Waals surface area contributed by atoms with Gasteiger partial charge in [0.1, 0.15) is 6.04 Å². The third kappa shape index (κ3) is 3.37. The molecule has 0 spiro atoms. The van der Waals surface area contributed by atoms with Gasteiger partial charge in [0, 0.05) is 32.4 Å². The van der Waals surface area contributed by atoms with Gasteiger partial charge in [-0.15, -0.1) is 0 Å². The normalized spacial score (nSPS) is 22.5. The summed E-state index contributed by atoms with van der Waals surface area (Å²) >= 11 is 0. The molecule has 1 aromatic rings. The lowest BCUT2D eigenvalue weighted by Gasteiger charge is -2.39. The van der Waals surface area contributed by atoms with Gasteiger partial charge in [-0.2, -0.15) is 0 Å². The lowest BCUT2D eigenvalue weighted by atomic mass is 9.93. The van der Waals surface area contributed by atoms with Crippen molar-refractivity contribution in [1.29, 1.82) is 0 Å². The summed E-state index contributed by atoms with van der Waals surface area (Å²) in [6, 6.07) is 6.87. The number of amides is 1. The van der Waals surface area contributed by atoms with Gasteiger partial charge in [-0.1, -0.05) is 19.9 Å². The summed E-state index contributed by atoms with van der Waals surface area (Å²) in [5, 5.41) is 2.79. The fourth-order valence-corrected chi connectivity index (χ4v) is 3.59. The van der Waals surface area contributed by atoms with Crippen LogP contribution < -0.4 is 10.2 Å². The van der Waals surface area contributed by atoms with E-state index in [-0.39, 0.29) is 11.9 Å². The summed E-state index contributed by atoms with van der Waals surface area (Å²) in [6.07, 6.45) is 2.65. The van der Waals surface area contributed by atoms with Crippen LogP contribution in [0.3, 0.4) is 0 Å². The van der Waals surface area contributed by atoms with Crippen molar-refractivity contribution in [2.45, 2.75) is 44.6 Å². The number of nitrogens with one attached hydrogen (secondary N) is 1. The molecule has 1 N–H and O–H groups in total. The Balaban J connectivity index is 1.84. The van der Waals surface area contributed by atoms with E-state index in [0.717, 1.165) is 25.6 Å². The molecule has 1 aromatic carbocycles. The highest BCUT2D eigenvalue weighted by molar-refractivity contribution is 5.82. The molecule has 0 unspecified atom stereocenters. The summed E-state index contributed by atoms with van der Waals surface area (Å²) in [5.74, 6) is 1.44. The van der Waals surface area contributed by atoms with E-state index in [0.29, 0.717) is 5.92 Å². The topological polar surface area (TPSA) is 35.6 Å². The minimum Gasteiger partial charge on any atom is -0.368 e. The fraction of sp³-hybridized carbons (Fsp3) is 0.632. The van der Waals surface area contributed by atoms with E-state index in [9.17, 15) is 4.79 Å². The van der Waals surface area contributed by atoms with Gasteiger partial charge in [0.2, 0.25) is 5.91 Å². The number of anilines is 1. The maximum atomic E-state index is 12.1. The van der Waals surface area contributed by atoms with Gasteiger partial charge in [0.15, 0.2) is 0 Å². The minimum atomic E-state index is -0.0668. The zero-order valence-corrected chi connectivity index (χ0v) is 14.8. The number of benzene rings is 1. The van der Waals surface area contributed by atoms with Gasteiger partial charge in [0.05, 0.1) is 0 Å². The van der Waals surface area contributed by atoms with E-state index in [2.05, 4.69) is 47.2 Å². The number of carbonyl (C=O) groups excluding carboxylic acids is 1. The molecule has 2 aliphatic rings. The van der Waals surface area contributed by atoms with Crippen LogP contribution >= 0.6 is 0 Å². The second kappa shape index (κ2) is 6.52. The first kappa shape index (κ1) is 16.3. The Labute approximate surface area is 139 Å². The van der Waals surface area contributed by atoms with E-state index in [1.165, 1.54) is 29.7 Å². The summed E-state index contributed by atoms with van der Waals surface area (Å²) < 4.78 is 0. The molecule has 3 rings (SSSR count). The van der Waals surface area contributed by atoms with Crippen LogP contribution in [0.4, 0.5) is 5.69 Å². The fourth-order valence-electron chi connectivity index (χ4n) is 3.59. The molecule has 1 saturated carbocycles. The molecule has 2 fully saturated rings. The third-order valence-corrected chi connectivity index (χ3v) is 5.27. The lowest BCUT2D eigenvalue weighted by Crippen LogP contribution is -2.57. The van der Waals surface area contributed by atoms with Crippen molar-refractivity contribution in [2.24, 2.45) is 0 Å². The number of rotatable bonds is 4. The number of likely N-dealkylation sites (N-methyl/N-ethyl adjacent to an activating group) is 2. The van der Waals surface area contributed by atoms with Crippen LogP contribution in [-0.4, -0.2) is 50.6 Å². The monoisotopic (exact) mass is 315 g/mol. The zero-order valence-electron chi connectivity index (χ0n) is 14.8. The molecule has 1 aliphatic carbocycles. The predicted molar refractivity (Wildman–Crippen MR) is 95.2 cm³/mol. The van der Waals surface area contributed by atoms with Gasteiger partial charge < -0.3 is 10.2 Å². The lowest BCUT2D eigenvalue weighted by molar-refractivity contribution is -0.125. The zero-order chi connectivity index (χ0) is 16.6. The van der Waals surface area contributed by atoms with Gasteiger partial charge in [0.25, 0.3) is 0 Å². The second-order valence-corrected chi connectivity index (χ2v) is 7.30. The number of hydrogen-bond acceptors (Lipinski definition) is 3. The van der Waals surface area contributed by atoms with Crippen molar-refractivity contribution in [3.05, 3.63) is 29.3 Å². The Bertz CT molecular complexity index is 580. The van der Waals surface area contributed by atoms with Crippen LogP contribution in [0.25, 0.3) is 0 Å². The van der Waals surface area contributed by atoms with Gasteiger partial charge >= 0.3 is 0 Å². The Hall–Kier alpha value is -1.55. The number of carbonyl (C=O) groups is 1. The van der Waals surface area contributed by atoms with Crippen molar-refractivity contribution in [3.8, 4) is 0 Å². The molecule has 126 valence electrons. The Morgan fingerprint density at radius 1 is 1.26 bits per heavy atom. The summed E-state index contributed by atoms with van der Waals surface area (Å²) in [4.78, 5) is 16.6. The smallest absolute Gasteiger partial charge is 0.238 e. The van der Waals surface area contributed by atoms with Crippen molar-refractivity contribution in [1.82, 2.24) is 10.2 Å². The van der Waals surface area contributed by atoms with Gasteiger partial charge in [-0.05, 0) is 55.0 Å². The van der Waals surface area contributed by atoms with Crippen LogP contribution in [0.2, 0.25) is 0 Å². The first-order valence-electron chi connectivity index (χ1n) is 8.82. The highest BCUT2D eigenvalue weighted by Gasteiger charge is 2.31. The number of hydrogen-bond donors (Lipinski definition) is 1. The van der Waals surface area contributed by atoms with Crippen LogP contribution in [0.5, 0.6) is 0 Å². The highest BCUT2D eigenvalue weighted by atomic mass is 16.2. The average Bonchev–Trinajstić information content (AvgIpc) is 3.38. The third-order valence-electron chi connectivity index (χ3n) is 5.27. The standard InChI is InChI=1S/C19H29N3O/c1-13(2)16-8-7-15(11-17(16)14-5-6-14)22-10-9-21(4)18(12-22)19(23)20-3/h7-8,11,13-14,18H,5-6,9-10,12H2,1-4H3,(H,20,23)/t18-/m0/s1. The maximum Gasteiger partial charge on any atom is 0.238 e. The molecule has 1 heterocycles. The molecule has 0 radical (unpaired) electrons. The molecule has 4 heteroatoms. The Morgan fingerprint density at radius 3 is 2.61 bits per heavy atom. The SMILES string of the molecule is CNC(=O)[C@@H]1CN(c2ccc(C(C)C)c(C3CC3)c2)CCN1C. The molecular weight excluding hydrogens is 286 g/mol. The molecule has 1 amide bonds. The van der Waals surface area contributed by atoms with Crippen molar-refractivity contribution >= 4 is 11.6 Å². The second-order valence-electron chi connectivity index (χ2n) is 7.30. The van der Waals surface area contributed by atoms with Gasteiger partial charge in [-0.3, -0.25) is 9.69 Å². The first-order chi connectivity index (χ1) is 11.0. The molecule has 1 saturated heterocycles.